The molecule has 1 fully saturated rings. The molecule has 2 atom stereocenters. The van der Waals surface area contributed by atoms with Crippen molar-refractivity contribution >= 4 is 39.4 Å². The van der Waals surface area contributed by atoms with Crippen LogP contribution in [0.5, 0.6) is 0 Å². The maximum absolute atomic E-state index is 12.0. The summed E-state index contributed by atoms with van der Waals surface area (Å²) in [7, 11) is 0. The van der Waals surface area contributed by atoms with Gasteiger partial charge < -0.3 is 10.4 Å². The van der Waals surface area contributed by atoms with E-state index in [1.165, 1.54) is 6.20 Å². The number of carboxylic acid groups (broad SMARTS) is 1. The number of carbonyl (C=O) groups is 2. The zero-order chi connectivity index (χ0) is 14.0. The van der Waals surface area contributed by atoms with Gasteiger partial charge in [0.15, 0.2) is 0 Å². The third kappa shape index (κ3) is 3.45. The Bertz CT molecular complexity index is 524. The summed E-state index contributed by atoms with van der Waals surface area (Å²) < 4.78 is 0.664. The van der Waals surface area contributed by atoms with Crippen molar-refractivity contribution in [2.75, 3.05) is 0 Å². The fraction of sp³-hybridized carbons (Fsp3) is 0.417. The van der Waals surface area contributed by atoms with E-state index in [9.17, 15) is 9.59 Å². The van der Waals surface area contributed by atoms with Crippen molar-refractivity contribution in [3.8, 4) is 0 Å². The van der Waals surface area contributed by atoms with E-state index in [1.54, 1.807) is 6.07 Å². The van der Waals surface area contributed by atoms with Gasteiger partial charge >= 0.3 is 5.97 Å². The van der Waals surface area contributed by atoms with Gasteiger partial charge in [0.05, 0.1) is 11.5 Å². The third-order valence-electron chi connectivity index (χ3n) is 3.17. The quantitative estimate of drug-likeness (QED) is 0.823. The summed E-state index contributed by atoms with van der Waals surface area (Å²) in [6.07, 6.45) is 3.22. The fourth-order valence-electron chi connectivity index (χ4n) is 2.18. The molecule has 1 saturated carbocycles. The summed E-state index contributed by atoms with van der Waals surface area (Å²) in [5, 5.41) is 11.8. The van der Waals surface area contributed by atoms with Crippen LogP contribution >= 0.6 is 27.5 Å². The summed E-state index contributed by atoms with van der Waals surface area (Å²) in [6.45, 7) is 0. The first-order valence-corrected chi connectivity index (χ1v) is 6.99. The lowest BCUT2D eigenvalue weighted by Gasteiger charge is -2.13. The topological polar surface area (TPSA) is 79.3 Å². The van der Waals surface area contributed by atoms with Gasteiger partial charge in [-0.25, -0.2) is 4.98 Å². The van der Waals surface area contributed by atoms with Crippen LogP contribution in [-0.4, -0.2) is 28.0 Å². The van der Waals surface area contributed by atoms with Crippen molar-refractivity contribution in [3.63, 3.8) is 0 Å². The van der Waals surface area contributed by atoms with Gasteiger partial charge in [0.1, 0.15) is 5.15 Å². The van der Waals surface area contributed by atoms with Gasteiger partial charge in [0.25, 0.3) is 5.91 Å². The number of nitrogens with zero attached hydrogens (tertiary/aromatic N) is 1. The summed E-state index contributed by atoms with van der Waals surface area (Å²) in [5.74, 6) is -1.50. The Kier molecular flexibility index (Phi) is 4.42. The highest BCUT2D eigenvalue weighted by Crippen LogP contribution is 2.26. The number of aromatic nitrogens is 1. The zero-order valence-corrected chi connectivity index (χ0v) is 12.2. The normalized spacial score (nSPS) is 22.2. The van der Waals surface area contributed by atoms with E-state index in [0.29, 0.717) is 23.7 Å². The molecule has 0 radical (unpaired) electrons. The van der Waals surface area contributed by atoms with Crippen LogP contribution in [0.25, 0.3) is 0 Å². The van der Waals surface area contributed by atoms with Crippen molar-refractivity contribution in [3.05, 3.63) is 27.5 Å². The Labute approximate surface area is 123 Å². The number of pyridine rings is 1. The Balaban J connectivity index is 2.02. The molecule has 0 saturated heterocycles. The first-order valence-electron chi connectivity index (χ1n) is 5.82. The number of hydrogen-bond donors (Lipinski definition) is 2. The molecule has 0 aromatic carbocycles. The molecule has 1 aliphatic rings. The van der Waals surface area contributed by atoms with Crippen LogP contribution in [0.4, 0.5) is 0 Å². The Morgan fingerprint density at radius 1 is 1.47 bits per heavy atom. The largest absolute Gasteiger partial charge is 0.481 e. The van der Waals surface area contributed by atoms with Gasteiger partial charge in [-0.15, -0.1) is 0 Å². The average Bonchev–Trinajstić information content (AvgIpc) is 2.80. The lowest BCUT2D eigenvalue weighted by molar-refractivity contribution is -0.141. The molecule has 1 aromatic rings. The number of carboxylic acids is 1. The van der Waals surface area contributed by atoms with Crippen molar-refractivity contribution < 1.29 is 14.7 Å². The summed E-state index contributed by atoms with van der Waals surface area (Å²) >= 11 is 9.10. The molecule has 1 amide bonds. The molecular weight excluding hydrogens is 336 g/mol. The molecule has 5 nitrogen and oxygen atoms in total. The molecule has 0 bridgehead atoms. The van der Waals surface area contributed by atoms with E-state index in [0.717, 1.165) is 0 Å². The zero-order valence-electron chi connectivity index (χ0n) is 9.90. The molecule has 0 spiro atoms. The molecule has 7 heteroatoms. The Hall–Kier alpha value is -1.14. The highest BCUT2D eigenvalue weighted by Gasteiger charge is 2.31. The standard InChI is InChI=1S/C12H12BrClN2O3/c13-7-4-9(10(14)15-5-7)11(17)16-8-2-1-6(3-8)12(18)19/h4-6,8H,1-3H2,(H,16,17)(H,18,19)/t6-,8+/m1/s1. The summed E-state index contributed by atoms with van der Waals surface area (Å²) in [5.41, 5.74) is 0.287. The summed E-state index contributed by atoms with van der Waals surface area (Å²) in [6, 6.07) is 1.47. The minimum absolute atomic E-state index is 0.122. The van der Waals surface area contributed by atoms with Gasteiger partial charge in [0.2, 0.25) is 0 Å². The van der Waals surface area contributed by atoms with Gasteiger partial charge in [-0.3, -0.25) is 9.59 Å². The molecule has 19 heavy (non-hydrogen) atoms. The maximum Gasteiger partial charge on any atom is 0.306 e. The predicted octanol–water partition coefficient (Wildman–Crippen LogP) is 2.48. The second kappa shape index (κ2) is 5.88. The smallest absolute Gasteiger partial charge is 0.306 e. The van der Waals surface area contributed by atoms with Gasteiger partial charge in [-0.2, -0.15) is 0 Å². The average molecular weight is 348 g/mol. The first kappa shape index (κ1) is 14.3. The van der Waals surface area contributed by atoms with Crippen LogP contribution in [-0.2, 0) is 4.79 Å². The Morgan fingerprint density at radius 3 is 2.84 bits per heavy atom. The van der Waals surface area contributed by atoms with Gasteiger partial charge in [-0.1, -0.05) is 11.6 Å². The molecule has 2 N–H and O–H groups in total. The van der Waals surface area contributed by atoms with Gasteiger partial charge in [-0.05, 0) is 41.3 Å². The van der Waals surface area contributed by atoms with Crippen molar-refractivity contribution in [1.82, 2.24) is 10.3 Å². The fourth-order valence-corrected chi connectivity index (χ4v) is 2.70. The molecule has 1 aromatic heterocycles. The van der Waals surface area contributed by atoms with Gasteiger partial charge in [0, 0.05) is 16.7 Å². The molecule has 1 heterocycles. The molecule has 0 aliphatic heterocycles. The molecular formula is C12H12BrClN2O3. The summed E-state index contributed by atoms with van der Waals surface area (Å²) in [4.78, 5) is 26.8. The van der Waals surface area contributed by atoms with Crippen LogP contribution < -0.4 is 5.32 Å². The van der Waals surface area contributed by atoms with Crippen molar-refractivity contribution in [2.45, 2.75) is 25.3 Å². The van der Waals surface area contributed by atoms with E-state index in [4.69, 9.17) is 16.7 Å². The third-order valence-corrected chi connectivity index (χ3v) is 3.90. The highest BCUT2D eigenvalue weighted by molar-refractivity contribution is 9.10. The van der Waals surface area contributed by atoms with Crippen LogP contribution in [0.3, 0.4) is 0 Å². The number of halogens is 2. The van der Waals surface area contributed by atoms with Crippen LogP contribution in [0, 0.1) is 5.92 Å². The highest BCUT2D eigenvalue weighted by atomic mass is 79.9. The van der Waals surface area contributed by atoms with Crippen LogP contribution in [0.2, 0.25) is 5.15 Å². The van der Waals surface area contributed by atoms with Crippen molar-refractivity contribution in [2.24, 2.45) is 5.92 Å². The second-order valence-corrected chi connectivity index (χ2v) is 5.78. The number of nitrogens with one attached hydrogen (secondary N) is 1. The first-order chi connectivity index (χ1) is 8.97. The van der Waals surface area contributed by atoms with E-state index < -0.39 is 5.97 Å². The lowest BCUT2D eigenvalue weighted by atomic mass is 10.1. The minimum Gasteiger partial charge on any atom is -0.481 e. The monoisotopic (exact) mass is 346 g/mol. The molecule has 0 unspecified atom stereocenters. The van der Waals surface area contributed by atoms with E-state index in [1.807, 2.05) is 0 Å². The molecule has 102 valence electrons. The van der Waals surface area contributed by atoms with Crippen molar-refractivity contribution in [1.29, 1.82) is 0 Å². The SMILES string of the molecule is O=C(N[C@H]1CC[C@@H](C(=O)O)C1)c1cc(Br)cnc1Cl. The number of rotatable bonds is 3. The van der Waals surface area contributed by atoms with E-state index >= 15 is 0 Å². The predicted molar refractivity (Wildman–Crippen MR) is 73.2 cm³/mol. The van der Waals surface area contributed by atoms with E-state index in [2.05, 4.69) is 26.2 Å². The van der Waals surface area contributed by atoms with Crippen LogP contribution in [0.15, 0.2) is 16.7 Å². The number of carbonyl (C=O) groups excluding carboxylic acids is 1. The molecule has 2 rings (SSSR count). The minimum atomic E-state index is -0.807. The molecule has 1 aliphatic carbocycles. The number of hydrogen-bond acceptors (Lipinski definition) is 3. The number of amides is 1. The number of aliphatic carboxylic acids is 1. The van der Waals surface area contributed by atoms with Crippen LogP contribution in [0.1, 0.15) is 29.6 Å². The second-order valence-electron chi connectivity index (χ2n) is 4.51. The Morgan fingerprint density at radius 2 is 2.21 bits per heavy atom. The lowest BCUT2D eigenvalue weighted by Crippen LogP contribution is -2.33. The van der Waals surface area contributed by atoms with E-state index in [-0.39, 0.29) is 28.6 Å². The maximum atomic E-state index is 12.0.